The smallest absolute Gasteiger partial charge is 0.228 e. The van der Waals surface area contributed by atoms with Crippen LogP contribution in [0.3, 0.4) is 0 Å². The third-order valence-electron chi connectivity index (χ3n) is 9.69. The maximum Gasteiger partial charge on any atom is 0.228 e. The predicted octanol–water partition coefficient (Wildman–Crippen LogP) is 5.59. The highest BCUT2D eigenvalue weighted by Crippen LogP contribution is 2.49. The first-order chi connectivity index (χ1) is 17.2. The number of benzene rings is 2. The molecule has 1 unspecified atom stereocenters. The molecule has 1 N–H and O–H groups in total. The molecule has 4 nitrogen and oxygen atoms in total. The van der Waals surface area contributed by atoms with Gasteiger partial charge in [-0.15, -0.1) is 0 Å². The van der Waals surface area contributed by atoms with E-state index in [-0.39, 0.29) is 11.3 Å². The van der Waals surface area contributed by atoms with Crippen molar-refractivity contribution in [3.05, 3.63) is 65.2 Å². The number of carbonyl (C=O) groups excluding carboxylic acids is 1. The summed E-state index contributed by atoms with van der Waals surface area (Å²) in [4.78, 5) is 16.9. The summed E-state index contributed by atoms with van der Waals surface area (Å²) in [7, 11) is 0. The molecule has 4 atom stereocenters. The first-order valence-corrected chi connectivity index (χ1v) is 14.0. The second-order valence-electron chi connectivity index (χ2n) is 11.5. The number of nitrogens with zero attached hydrogens (tertiary/aromatic N) is 1. The van der Waals surface area contributed by atoms with Crippen LogP contribution in [0.5, 0.6) is 5.75 Å². The number of hydrogen-bond donors (Lipinski definition) is 1. The van der Waals surface area contributed by atoms with Crippen LogP contribution in [-0.2, 0) is 10.2 Å². The van der Waals surface area contributed by atoms with Crippen LogP contribution in [0, 0.1) is 18.8 Å². The first kappa shape index (κ1) is 23.1. The van der Waals surface area contributed by atoms with Gasteiger partial charge in [-0.2, -0.15) is 0 Å². The summed E-state index contributed by atoms with van der Waals surface area (Å²) in [6.45, 7) is 5.37. The van der Waals surface area contributed by atoms with Gasteiger partial charge in [-0.25, -0.2) is 0 Å². The lowest BCUT2D eigenvalue weighted by Gasteiger charge is -2.48. The molecule has 1 saturated carbocycles. The number of carbonyl (C=O) groups is 1. The Morgan fingerprint density at radius 2 is 1.86 bits per heavy atom. The number of para-hydroxylation sites is 1. The minimum atomic E-state index is -0.149. The van der Waals surface area contributed by atoms with E-state index in [9.17, 15) is 4.79 Å². The molecule has 0 aromatic heterocycles. The lowest BCUT2D eigenvalue weighted by Crippen LogP contribution is -2.55. The quantitative estimate of drug-likeness (QED) is 0.633. The third kappa shape index (κ3) is 4.08. The van der Waals surface area contributed by atoms with Crippen LogP contribution in [0.15, 0.2) is 48.5 Å². The molecule has 2 aromatic carbocycles. The number of amides is 1. The lowest BCUT2D eigenvalue weighted by atomic mass is 9.67. The zero-order valence-electron chi connectivity index (χ0n) is 21.2. The van der Waals surface area contributed by atoms with Crippen LogP contribution in [0.2, 0.25) is 0 Å². The molecule has 1 amide bonds. The van der Waals surface area contributed by atoms with E-state index in [1.165, 1.54) is 48.8 Å². The van der Waals surface area contributed by atoms with Crippen molar-refractivity contribution in [1.82, 2.24) is 10.2 Å². The number of aryl methyl sites for hydroxylation is 1. The van der Waals surface area contributed by atoms with Crippen LogP contribution in [0.25, 0.3) is 0 Å². The Hall–Kier alpha value is -2.33. The van der Waals surface area contributed by atoms with Crippen molar-refractivity contribution in [1.29, 1.82) is 0 Å². The van der Waals surface area contributed by atoms with Gasteiger partial charge in [0.1, 0.15) is 5.75 Å². The van der Waals surface area contributed by atoms with E-state index < -0.39 is 0 Å². The van der Waals surface area contributed by atoms with Gasteiger partial charge in [0.2, 0.25) is 5.91 Å². The van der Waals surface area contributed by atoms with Gasteiger partial charge in [0, 0.05) is 36.7 Å². The molecule has 2 saturated heterocycles. The molecule has 2 aromatic rings. The van der Waals surface area contributed by atoms with Gasteiger partial charge < -0.3 is 15.0 Å². The van der Waals surface area contributed by atoms with Gasteiger partial charge in [0.15, 0.2) is 0 Å². The molecular weight excluding hydrogens is 432 g/mol. The third-order valence-corrected chi connectivity index (χ3v) is 9.69. The number of rotatable bonds is 3. The Labute approximate surface area is 210 Å². The SMILES string of the molecule is Cc1cccc2c1OCC[C@]21CNCC1C(=O)N1CC[C@@H](c2ccccc2)C[C@H]1C1CCCCC1. The Bertz CT molecular complexity index is 1050. The fourth-order valence-electron chi connectivity index (χ4n) is 7.80. The topological polar surface area (TPSA) is 41.6 Å². The maximum absolute atomic E-state index is 14.5. The van der Waals surface area contributed by atoms with Crippen molar-refractivity contribution in [2.75, 3.05) is 26.2 Å². The van der Waals surface area contributed by atoms with Crippen molar-refractivity contribution < 1.29 is 9.53 Å². The van der Waals surface area contributed by atoms with Crippen LogP contribution >= 0.6 is 0 Å². The van der Waals surface area contributed by atoms with E-state index in [1.807, 2.05) is 0 Å². The fraction of sp³-hybridized carbons (Fsp3) is 0.581. The Kier molecular flexibility index (Phi) is 6.34. The number of piperidine rings is 1. The average molecular weight is 473 g/mol. The van der Waals surface area contributed by atoms with Gasteiger partial charge in [-0.05, 0) is 62.0 Å². The Balaban J connectivity index is 1.31. The Morgan fingerprint density at radius 3 is 2.69 bits per heavy atom. The molecular formula is C31H40N2O2. The zero-order chi connectivity index (χ0) is 23.8. The number of likely N-dealkylation sites (tertiary alicyclic amines) is 1. The standard InChI is InChI=1S/C31H40N2O2/c1-22-9-8-14-26-29(22)35-18-16-31(26)21-32-20-27(31)30(34)33-17-15-25(23-10-4-2-5-11-23)19-28(33)24-12-6-3-7-13-24/h2,4-5,8-11,14,24-25,27-28,32H,3,6-7,12-13,15-21H2,1H3/t25-,27?,28+,31+/m1/s1. The summed E-state index contributed by atoms with van der Waals surface area (Å²) in [5.74, 6) is 2.62. The molecule has 0 bridgehead atoms. The number of fused-ring (bicyclic) bond motifs is 2. The Morgan fingerprint density at radius 1 is 1.03 bits per heavy atom. The van der Waals surface area contributed by atoms with Gasteiger partial charge in [-0.1, -0.05) is 67.8 Å². The molecule has 1 spiro atoms. The van der Waals surface area contributed by atoms with Gasteiger partial charge in [0.05, 0.1) is 12.5 Å². The van der Waals surface area contributed by atoms with Crippen molar-refractivity contribution in [3.63, 3.8) is 0 Å². The first-order valence-electron chi connectivity index (χ1n) is 14.0. The van der Waals surface area contributed by atoms with E-state index in [0.29, 0.717) is 30.4 Å². The van der Waals surface area contributed by atoms with E-state index in [0.717, 1.165) is 44.6 Å². The van der Waals surface area contributed by atoms with Gasteiger partial charge in [0.25, 0.3) is 0 Å². The minimum absolute atomic E-state index is 0.00804. The van der Waals surface area contributed by atoms with E-state index >= 15 is 0 Å². The molecule has 3 aliphatic heterocycles. The largest absolute Gasteiger partial charge is 0.493 e. The van der Waals surface area contributed by atoms with Crippen LogP contribution < -0.4 is 10.1 Å². The van der Waals surface area contributed by atoms with Crippen molar-refractivity contribution in [2.45, 2.75) is 75.7 Å². The molecule has 3 heterocycles. The van der Waals surface area contributed by atoms with Crippen LogP contribution in [0.1, 0.15) is 74.0 Å². The van der Waals surface area contributed by atoms with E-state index in [1.54, 1.807) is 0 Å². The summed E-state index contributed by atoms with van der Waals surface area (Å²) in [5.41, 5.74) is 3.74. The second-order valence-corrected chi connectivity index (χ2v) is 11.5. The number of nitrogens with one attached hydrogen (secondary N) is 1. The molecule has 35 heavy (non-hydrogen) atoms. The number of hydrogen-bond acceptors (Lipinski definition) is 3. The minimum Gasteiger partial charge on any atom is -0.493 e. The molecule has 186 valence electrons. The highest BCUT2D eigenvalue weighted by Gasteiger charge is 2.53. The summed E-state index contributed by atoms with van der Waals surface area (Å²) >= 11 is 0. The van der Waals surface area contributed by atoms with E-state index in [4.69, 9.17) is 4.74 Å². The molecule has 0 radical (unpaired) electrons. The lowest BCUT2D eigenvalue weighted by molar-refractivity contribution is -0.143. The van der Waals surface area contributed by atoms with Gasteiger partial charge >= 0.3 is 0 Å². The number of ether oxygens (including phenoxy) is 1. The fourth-order valence-corrected chi connectivity index (χ4v) is 7.80. The maximum atomic E-state index is 14.5. The normalized spacial score (nSPS) is 31.2. The van der Waals surface area contributed by atoms with Crippen molar-refractivity contribution >= 4 is 5.91 Å². The van der Waals surface area contributed by atoms with Crippen molar-refractivity contribution in [2.24, 2.45) is 11.8 Å². The highest BCUT2D eigenvalue weighted by atomic mass is 16.5. The summed E-state index contributed by atoms with van der Waals surface area (Å²) in [5, 5.41) is 3.64. The van der Waals surface area contributed by atoms with Crippen LogP contribution in [-0.4, -0.2) is 43.1 Å². The molecule has 1 aliphatic carbocycles. The van der Waals surface area contributed by atoms with Crippen molar-refractivity contribution in [3.8, 4) is 5.75 Å². The average Bonchev–Trinajstić information content (AvgIpc) is 3.33. The van der Waals surface area contributed by atoms with Gasteiger partial charge in [-0.3, -0.25) is 4.79 Å². The predicted molar refractivity (Wildman–Crippen MR) is 140 cm³/mol. The summed E-state index contributed by atoms with van der Waals surface area (Å²) < 4.78 is 6.14. The monoisotopic (exact) mass is 472 g/mol. The van der Waals surface area contributed by atoms with Crippen LogP contribution in [0.4, 0.5) is 0 Å². The molecule has 4 aliphatic rings. The second kappa shape index (κ2) is 9.61. The molecule has 3 fully saturated rings. The zero-order valence-corrected chi connectivity index (χ0v) is 21.2. The van der Waals surface area contributed by atoms with E-state index in [2.05, 4.69) is 65.7 Å². The summed E-state index contributed by atoms with van der Waals surface area (Å²) in [6.07, 6.45) is 9.65. The molecule has 4 heteroatoms. The molecule has 6 rings (SSSR count). The summed E-state index contributed by atoms with van der Waals surface area (Å²) in [6, 6.07) is 17.9. The highest BCUT2D eigenvalue weighted by molar-refractivity contribution is 5.82.